The molecular weight excluding hydrogens is 400 g/mol. The average molecular weight is 424 g/mol. The smallest absolute Gasteiger partial charge is 0.337 e. The maximum atomic E-state index is 12.4. The molecule has 0 radical (unpaired) electrons. The molecule has 0 aliphatic carbocycles. The minimum Gasteiger partial charge on any atom is -0.465 e. The highest BCUT2D eigenvalue weighted by Gasteiger charge is 2.36. The Hall–Kier alpha value is -3.68. The van der Waals surface area contributed by atoms with Gasteiger partial charge < -0.3 is 19.7 Å². The second-order valence-corrected chi connectivity index (χ2v) is 7.42. The van der Waals surface area contributed by atoms with E-state index < -0.39 is 30.4 Å². The Balaban J connectivity index is 1.54. The lowest BCUT2D eigenvalue weighted by Gasteiger charge is -2.17. The number of carbonyl (C=O) groups is 4. The highest BCUT2D eigenvalue weighted by molar-refractivity contribution is 6.00. The summed E-state index contributed by atoms with van der Waals surface area (Å²) in [6, 6.07) is 12.0. The number of rotatable bonds is 6. The van der Waals surface area contributed by atoms with Crippen molar-refractivity contribution in [3.8, 4) is 0 Å². The second kappa shape index (κ2) is 9.42. The lowest BCUT2D eigenvalue weighted by Crippen LogP contribution is -2.28. The van der Waals surface area contributed by atoms with Crippen LogP contribution in [0.5, 0.6) is 0 Å². The van der Waals surface area contributed by atoms with Gasteiger partial charge in [-0.3, -0.25) is 14.4 Å². The zero-order valence-electron chi connectivity index (χ0n) is 17.6. The first-order valence-electron chi connectivity index (χ1n) is 9.81. The van der Waals surface area contributed by atoms with Crippen LogP contribution in [0.4, 0.5) is 11.4 Å². The maximum Gasteiger partial charge on any atom is 0.337 e. The standard InChI is InChI=1S/C23H24N2O6/c1-14-4-9-19(15(2)10-14)24-20(26)13-31-23(29)17-11-21(27)25(12-17)18-7-5-16(6-8-18)22(28)30-3/h4-10,17H,11-13H2,1-3H3,(H,24,26)/t17-/m0/s1. The number of nitrogens with zero attached hydrogens (tertiary/aromatic N) is 1. The van der Waals surface area contributed by atoms with E-state index in [1.807, 2.05) is 26.0 Å². The summed E-state index contributed by atoms with van der Waals surface area (Å²) in [5.74, 6) is -2.41. The third-order valence-electron chi connectivity index (χ3n) is 5.06. The SMILES string of the molecule is COC(=O)c1ccc(N2C[C@@H](C(=O)OCC(=O)Nc3ccc(C)cc3C)CC2=O)cc1. The van der Waals surface area contributed by atoms with E-state index in [4.69, 9.17) is 4.74 Å². The van der Waals surface area contributed by atoms with Gasteiger partial charge >= 0.3 is 11.9 Å². The number of methoxy groups -OCH3 is 1. The van der Waals surface area contributed by atoms with Crippen molar-refractivity contribution in [2.45, 2.75) is 20.3 Å². The molecular formula is C23H24N2O6. The number of hydrogen-bond acceptors (Lipinski definition) is 6. The van der Waals surface area contributed by atoms with E-state index in [1.165, 1.54) is 12.0 Å². The first-order chi connectivity index (χ1) is 14.8. The number of ether oxygens (including phenoxy) is 2. The third kappa shape index (κ3) is 5.28. The summed E-state index contributed by atoms with van der Waals surface area (Å²) in [5.41, 5.74) is 3.58. The molecule has 1 atom stereocenters. The van der Waals surface area contributed by atoms with Crippen LogP contribution in [0, 0.1) is 19.8 Å². The van der Waals surface area contributed by atoms with Crippen LogP contribution in [-0.4, -0.2) is 44.0 Å². The lowest BCUT2D eigenvalue weighted by molar-refractivity contribution is -0.151. The summed E-state index contributed by atoms with van der Waals surface area (Å²) in [5, 5.41) is 2.71. The summed E-state index contributed by atoms with van der Waals surface area (Å²) in [7, 11) is 1.29. The zero-order chi connectivity index (χ0) is 22.5. The van der Waals surface area contributed by atoms with E-state index in [-0.39, 0.29) is 18.9 Å². The molecule has 0 spiro atoms. The van der Waals surface area contributed by atoms with Gasteiger partial charge in [-0.15, -0.1) is 0 Å². The predicted molar refractivity (Wildman–Crippen MR) is 114 cm³/mol. The molecule has 8 heteroatoms. The minimum atomic E-state index is -0.665. The van der Waals surface area contributed by atoms with Crippen molar-refractivity contribution in [1.29, 1.82) is 0 Å². The third-order valence-corrected chi connectivity index (χ3v) is 5.06. The number of nitrogens with one attached hydrogen (secondary N) is 1. The second-order valence-electron chi connectivity index (χ2n) is 7.42. The molecule has 1 saturated heterocycles. The topological polar surface area (TPSA) is 102 Å². The molecule has 2 aromatic carbocycles. The van der Waals surface area contributed by atoms with Crippen LogP contribution in [0.3, 0.4) is 0 Å². The number of carbonyl (C=O) groups excluding carboxylic acids is 4. The van der Waals surface area contributed by atoms with Crippen LogP contribution in [0.25, 0.3) is 0 Å². The largest absolute Gasteiger partial charge is 0.465 e. The number of hydrogen-bond donors (Lipinski definition) is 1. The van der Waals surface area contributed by atoms with Crippen LogP contribution >= 0.6 is 0 Å². The minimum absolute atomic E-state index is 0.00369. The molecule has 162 valence electrons. The molecule has 0 bridgehead atoms. The quantitative estimate of drug-likeness (QED) is 0.716. The van der Waals surface area contributed by atoms with Gasteiger partial charge in [-0.25, -0.2) is 4.79 Å². The number of aryl methyl sites for hydroxylation is 2. The van der Waals surface area contributed by atoms with Crippen molar-refractivity contribution in [1.82, 2.24) is 0 Å². The summed E-state index contributed by atoms with van der Waals surface area (Å²) in [6.45, 7) is 3.56. The van der Waals surface area contributed by atoms with Gasteiger partial charge in [0, 0.05) is 24.3 Å². The van der Waals surface area contributed by atoms with Crippen molar-refractivity contribution in [2.75, 3.05) is 30.5 Å². The number of anilines is 2. The fourth-order valence-electron chi connectivity index (χ4n) is 3.40. The van der Waals surface area contributed by atoms with Crippen LogP contribution in [0.1, 0.15) is 27.9 Å². The molecule has 2 aromatic rings. The fraction of sp³-hybridized carbons (Fsp3) is 0.304. The van der Waals surface area contributed by atoms with Crippen molar-refractivity contribution < 1.29 is 28.7 Å². The van der Waals surface area contributed by atoms with Crippen molar-refractivity contribution in [3.05, 3.63) is 59.2 Å². The Kier molecular flexibility index (Phi) is 6.69. The molecule has 1 aliphatic rings. The molecule has 0 saturated carbocycles. The Morgan fingerprint density at radius 1 is 1.10 bits per heavy atom. The molecule has 0 aromatic heterocycles. The van der Waals surface area contributed by atoms with E-state index in [1.54, 1.807) is 30.3 Å². The molecule has 2 amide bonds. The fourth-order valence-corrected chi connectivity index (χ4v) is 3.40. The Labute approximate surface area is 180 Å². The van der Waals surface area contributed by atoms with E-state index in [0.29, 0.717) is 16.9 Å². The van der Waals surface area contributed by atoms with E-state index in [9.17, 15) is 19.2 Å². The normalized spacial score (nSPS) is 15.5. The van der Waals surface area contributed by atoms with E-state index >= 15 is 0 Å². The van der Waals surface area contributed by atoms with Crippen molar-refractivity contribution in [2.24, 2.45) is 5.92 Å². The van der Waals surface area contributed by atoms with Gasteiger partial charge in [0.25, 0.3) is 5.91 Å². The van der Waals surface area contributed by atoms with E-state index in [0.717, 1.165) is 11.1 Å². The summed E-state index contributed by atoms with van der Waals surface area (Å²) >= 11 is 0. The summed E-state index contributed by atoms with van der Waals surface area (Å²) in [6.07, 6.45) is -0.00369. The highest BCUT2D eigenvalue weighted by atomic mass is 16.5. The van der Waals surface area contributed by atoms with Gasteiger partial charge in [-0.2, -0.15) is 0 Å². The van der Waals surface area contributed by atoms with Gasteiger partial charge in [-0.1, -0.05) is 17.7 Å². The van der Waals surface area contributed by atoms with Crippen molar-refractivity contribution >= 4 is 35.1 Å². The summed E-state index contributed by atoms with van der Waals surface area (Å²) < 4.78 is 9.78. The van der Waals surface area contributed by atoms with Crippen LogP contribution in [-0.2, 0) is 23.9 Å². The number of benzene rings is 2. The Morgan fingerprint density at radius 2 is 1.81 bits per heavy atom. The van der Waals surface area contributed by atoms with Crippen LogP contribution in [0.15, 0.2) is 42.5 Å². The lowest BCUT2D eigenvalue weighted by atomic mass is 10.1. The van der Waals surface area contributed by atoms with E-state index in [2.05, 4.69) is 10.1 Å². The summed E-state index contributed by atoms with van der Waals surface area (Å²) in [4.78, 5) is 49.9. The molecule has 1 heterocycles. The Bertz CT molecular complexity index is 1020. The molecule has 3 rings (SSSR count). The monoisotopic (exact) mass is 424 g/mol. The van der Waals surface area contributed by atoms with Gasteiger partial charge in [0.05, 0.1) is 18.6 Å². The number of esters is 2. The van der Waals surface area contributed by atoms with Crippen LogP contribution < -0.4 is 10.2 Å². The first-order valence-corrected chi connectivity index (χ1v) is 9.81. The maximum absolute atomic E-state index is 12.4. The van der Waals surface area contributed by atoms with Gasteiger partial charge in [0.2, 0.25) is 5.91 Å². The molecule has 1 N–H and O–H groups in total. The highest BCUT2D eigenvalue weighted by Crippen LogP contribution is 2.26. The van der Waals surface area contributed by atoms with Gasteiger partial charge in [0.15, 0.2) is 6.61 Å². The zero-order valence-corrected chi connectivity index (χ0v) is 17.6. The predicted octanol–water partition coefficient (Wildman–Crippen LogP) is 2.62. The van der Waals surface area contributed by atoms with Gasteiger partial charge in [0.1, 0.15) is 0 Å². The average Bonchev–Trinajstić information content (AvgIpc) is 3.15. The van der Waals surface area contributed by atoms with Crippen molar-refractivity contribution in [3.63, 3.8) is 0 Å². The molecule has 1 aliphatic heterocycles. The molecule has 0 unspecified atom stereocenters. The Morgan fingerprint density at radius 3 is 2.45 bits per heavy atom. The molecule has 8 nitrogen and oxygen atoms in total. The first kappa shape index (κ1) is 22.0. The molecule has 31 heavy (non-hydrogen) atoms. The van der Waals surface area contributed by atoms with Gasteiger partial charge in [-0.05, 0) is 49.7 Å². The number of amides is 2. The van der Waals surface area contributed by atoms with Crippen LogP contribution in [0.2, 0.25) is 0 Å². The molecule has 1 fully saturated rings.